The highest BCUT2D eigenvalue weighted by Crippen LogP contribution is 2.26. The fourth-order valence-electron chi connectivity index (χ4n) is 2.33. The number of H-pyrrole nitrogens is 1. The molecular formula is C15H24N4O. The number of pyridine rings is 1. The third-order valence-electron chi connectivity index (χ3n) is 3.62. The van der Waals surface area contributed by atoms with Crippen LogP contribution in [0.2, 0.25) is 0 Å². The van der Waals surface area contributed by atoms with Gasteiger partial charge in [-0.3, -0.25) is 10.1 Å². The molecule has 0 radical (unpaired) electrons. The highest BCUT2D eigenvalue weighted by atomic mass is 16.5. The first-order valence-electron chi connectivity index (χ1n) is 7.29. The van der Waals surface area contributed by atoms with Gasteiger partial charge in [0.15, 0.2) is 0 Å². The van der Waals surface area contributed by atoms with Gasteiger partial charge in [0.05, 0.1) is 30.5 Å². The largest absolute Gasteiger partial charge is 0.377 e. The van der Waals surface area contributed by atoms with Crippen molar-refractivity contribution in [3.63, 3.8) is 0 Å². The van der Waals surface area contributed by atoms with Crippen LogP contribution in [0.4, 0.5) is 0 Å². The Kier molecular flexibility index (Phi) is 4.73. The lowest BCUT2D eigenvalue weighted by atomic mass is 9.86. The number of hydrogen-bond donors (Lipinski definition) is 2. The van der Waals surface area contributed by atoms with Crippen LogP contribution >= 0.6 is 0 Å². The minimum absolute atomic E-state index is 0.472. The summed E-state index contributed by atoms with van der Waals surface area (Å²) in [4.78, 5) is 4.31. The van der Waals surface area contributed by atoms with Gasteiger partial charge in [-0.25, -0.2) is 0 Å². The summed E-state index contributed by atoms with van der Waals surface area (Å²) >= 11 is 0. The number of aryl methyl sites for hydroxylation is 2. The Morgan fingerprint density at radius 3 is 2.40 bits per heavy atom. The number of ether oxygens (including phenoxy) is 1. The van der Waals surface area contributed by atoms with E-state index in [1.807, 2.05) is 33.8 Å². The number of aromatic amines is 1. The summed E-state index contributed by atoms with van der Waals surface area (Å²) < 4.78 is 5.02. The van der Waals surface area contributed by atoms with Gasteiger partial charge in [-0.05, 0) is 32.9 Å². The van der Waals surface area contributed by atoms with Crippen molar-refractivity contribution in [2.75, 3.05) is 19.8 Å². The Hall–Kier alpha value is -1.46. The highest BCUT2D eigenvalue weighted by molar-refractivity contribution is 5.80. The molecule has 4 rings (SSSR count). The Labute approximate surface area is 120 Å². The quantitative estimate of drug-likeness (QED) is 0.775. The summed E-state index contributed by atoms with van der Waals surface area (Å²) in [5.41, 5.74) is 3.60. The maximum Gasteiger partial charge on any atom is 0.0686 e. The van der Waals surface area contributed by atoms with Gasteiger partial charge >= 0.3 is 0 Å². The first-order chi connectivity index (χ1) is 9.69. The third kappa shape index (κ3) is 2.99. The van der Waals surface area contributed by atoms with Gasteiger partial charge in [0.2, 0.25) is 0 Å². The van der Waals surface area contributed by atoms with E-state index in [9.17, 15) is 0 Å². The number of rotatable bonds is 0. The SMILES string of the molecule is C1CC2(COC2)N1.CC.Cc1cc2[nH]ncc2c(C)n1. The standard InChI is InChI=1S/C8H9N3.C5H9NO.C2H6/c1-5-3-8-7(4-9-11-8)6(2)10-5;1-2-6-5(1)3-7-4-5;1-2/h3-4H,1-2H3,(H,9,11);6H,1-4H2;1-2H3. The predicted octanol–water partition coefficient (Wildman–Crippen LogP) is 2.35. The van der Waals surface area contributed by atoms with Crippen molar-refractivity contribution >= 4 is 10.9 Å². The molecule has 2 aliphatic heterocycles. The average Bonchev–Trinajstić information content (AvgIpc) is 2.76. The van der Waals surface area contributed by atoms with Crippen LogP contribution in [0.3, 0.4) is 0 Å². The molecule has 2 aromatic rings. The molecule has 1 spiro atoms. The van der Waals surface area contributed by atoms with E-state index >= 15 is 0 Å². The van der Waals surface area contributed by atoms with Gasteiger partial charge in [0.25, 0.3) is 0 Å². The van der Waals surface area contributed by atoms with Crippen LogP contribution in [0.25, 0.3) is 10.9 Å². The molecule has 2 fully saturated rings. The molecule has 0 aliphatic carbocycles. The van der Waals surface area contributed by atoms with Crippen molar-refractivity contribution in [3.05, 3.63) is 23.7 Å². The van der Waals surface area contributed by atoms with Gasteiger partial charge < -0.3 is 10.1 Å². The van der Waals surface area contributed by atoms with Crippen molar-refractivity contribution in [3.8, 4) is 0 Å². The van der Waals surface area contributed by atoms with E-state index in [0.717, 1.165) is 35.5 Å². The monoisotopic (exact) mass is 276 g/mol. The third-order valence-corrected chi connectivity index (χ3v) is 3.62. The van der Waals surface area contributed by atoms with Crippen molar-refractivity contribution < 1.29 is 4.74 Å². The summed E-state index contributed by atoms with van der Waals surface area (Å²) in [7, 11) is 0. The highest BCUT2D eigenvalue weighted by Gasteiger charge is 2.43. The molecule has 0 bridgehead atoms. The maximum absolute atomic E-state index is 5.02. The van der Waals surface area contributed by atoms with Crippen LogP contribution in [0.5, 0.6) is 0 Å². The lowest BCUT2D eigenvalue weighted by molar-refractivity contribution is -0.107. The summed E-state index contributed by atoms with van der Waals surface area (Å²) in [5.74, 6) is 0. The zero-order chi connectivity index (χ0) is 14.6. The first kappa shape index (κ1) is 14.9. The topological polar surface area (TPSA) is 62.8 Å². The fourth-order valence-corrected chi connectivity index (χ4v) is 2.33. The molecule has 0 saturated carbocycles. The average molecular weight is 276 g/mol. The molecule has 2 saturated heterocycles. The minimum atomic E-state index is 0.472. The van der Waals surface area contributed by atoms with E-state index in [1.54, 1.807) is 6.20 Å². The summed E-state index contributed by atoms with van der Waals surface area (Å²) in [6, 6.07) is 2.00. The molecule has 2 aliphatic rings. The number of nitrogens with zero attached hydrogens (tertiary/aromatic N) is 2. The van der Waals surface area contributed by atoms with Crippen molar-refractivity contribution in [1.29, 1.82) is 0 Å². The summed E-state index contributed by atoms with van der Waals surface area (Å²) in [6.07, 6.45) is 3.13. The van der Waals surface area contributed by atoms with E-state index in [4.69, 9.17) is 4.74 Å². The molecule has 20 heavy (non-hydrogen) atoms. The van der Waals surface area contributed by atoms with Gasteiger partial charge in [-0.1, -0.05) is 13.8 Å². The van der Waals surface area contributed by atoms with E-state index in [2.05, 4.69) is 20.5 Å². The van der Waals surface area contributed by atoms with Gasteiger partial charge in [-0.2, -0.15) is 5.10 Å². The van der Waals surface area contributed by atoms with Crippen LogP contribution in [0.1, 0.15) is 31.7 Å². The second-order valence-electron chi connectivity index (χ2n) is 5.13. The number of nitrogens with one attached hydrogen (secondary N) is 2. The maximum atomic E-state index is 5.02. The molecule has 0 unspecified atom stereocenters. The van der Waals surface area contributed by atoms with Gasteiger partial charge in [0.1, 0.15) is 0 Å². The second-order valence-corrected chi connectivity index (χ2v) is 5.13. The van der Waals surface area contributed by atoms with Crippen LogP contribution < -0.4 is 5.32 Å². The number of fused-ring (bicyclic) bond motifs is 1. The van der Waals surface area contributed by atoms with Gasteiger partial charge in [-0.15, -0.1) is 0 Å². The van der Waals surface area contributed by atoms with Crippen LogP contribution in [0.15, 0.2) is 12.3 Å². The molecular weight excluding hydrogens is 252 g/mol. The zero-order valence-electron chi connectivity index (χ0n) is 12.8. The molecule has 110 valence electrons. The molecule has 5 nitrogen and oxygen atoms in total. The lowest BCUT2D eigenvalue weighted by Gasteiger charge is -2.49. The normalized spacial score (nSPS) is 18.2. The van der Waals surface area contributed by atoms with Gasteiger partial charge in [0, 0.05) is 16.8 Å². The first-order valence-corrected chi connectivity index (χ1v) is 7.29. The Morgan fingerprint density at radius 1 is 1.25 bits per heavy atom. The fraction of sp³-hybridized carbons (Fsp3) is 0.600. The molecule has 2 N–H and O–H groups in total. The smallest absolute Gasteiger partial charge is 0.0686 e. The van der Waals surface area contributed by atoms with Crippen LogP contribution in [-0.2, 0) is 4.74 Å². The Bertz CT molecular complexity index is 540. The molecule has 5 heteroatoms. The predicted molar refractivity (Wildman–Crippen MR) is 80.9 cm³/mol. The summed E-state index contributed by atoms with van der Waals surface area (Å²) in [5, 5.41) is 11.3. The van der Waals surface area contributed by atoms with E-state index < -0.39 is 0 Å². The van der Waals surface area contributed by atoms with Crippen molar-refractivity contribution in [1.82, 2.24) is 20.5 Å². The summed E-state index contributed by atoms with van der Waals surface area (Å²) in [6.45, 7) is 11.1. The molecule has 2 aromatic heterocycles. The minimum Gasteiger partial charge on any atom is -0.377 e. The van der Waals surface area contributed by atoms with Crippen LogP contribution in [-0.4, -0.2) is 40.5 Å². The zero-order valence-corrected chi connectivity index (χ0v) is 12.8. The molecule has 0 atom stereocenters. The van der Waals surface area contributed by atoms with Crippen molar-refractivity contribution in [2.45, 2.75) is 39.7 Å². The Balaban J connectivity index is 0.000000140. The lowest BCUT2D eigenvalue weighted by Crippen LogP contribution is -2.68. The number of aromatic nitrogens is 3. The molecule has 0 amide bonds. The van der Waals surface area contributed by atoms with E-state index in [1.165, 1.54) is 13.0 Å². The Morgan fingerprint density at radius 2 is 1.95 bits per heavy atom. The van der Waals surface area contributed by atoms with E-state index in [0.29, 0.717) is 5.54 Å². The number of hydrogen-bond acceptors (Lipinski definition) is 4. The molecule has 4 heterocycles. The van der Waals surface area contributed by atoms with E-state index in [-0.39, 0.29) is 0 Å². The van der Waals surface area contributed by atoms with Crippen LogP contribution in [0, 0.1) is 13.8 Å². The molecule has 0 aromatic carbocycles. The second kappa shape index (κ2) is 6.33. The van der Waals surface area contributed by atoms with Crippen molar-refractivity contribution in [2.24, 2.45) is 0 Å².